The highest BCUT2D eigenvalue weighted by Crippen LogP contribution is 2.16. The minimum Gasteiger partial charge on any atom is -0.385 e. The zero-order valence-electron chi connectivity index (χ0n) is 10.0. The molecule has 2 nitrogen and oxygen atoms in total. The average molecular weight is 286 g/mol. The van der Waals surface area contributed by atoms with Gasteiger partial charge in [-0.15, -0.1) is 0 Å². The predicted octanol–water partition coefficient (Wildman–Crippen LogP) is 3.53. The average Bonchev–Trinajstić information content (AvgIpc) is 2.29. The Kier molecular flexibility index (Phi) is 6.69. The molecule has 0 amide bonds. The van der Waals surface area contributed by atoms with Gasteiger partial charge in [-0.05, 0) is 44.0 Å². The van der Waals surface area contributed by atoms with E-state index in [-0.39, 0.29) is 0 Å². The second-order valence-electron chi connectivity index (χ2n) is 3.93. The molecule has 1 atom stereocenters. The van der Waals surface area contributed by atoms with Crippen molar-refractivity contribution < 1.29 is 4.74 Å². The number of nitrogens with one attached hydrogen (secondary N) is 1. The number of hydrogen-bond donors (Lipinski definition) is 1. The first kappa shape index (κ1) is 13.7. The van der Waals surface area contributed by atoms with Gasteiger partial charge < -0.3 is 10.1 Å². The maximum absolute atomic E-state index is 5.01. The monoisotopic (exact) mass is 285 g/mol. The van der Waals surface area contributed by atoms with Gasteiger partial charge in [0.1, 0.15) is 0 Å². The molecular weight excluding hydrogens is 266 g/mol. The molecule has 0 fully saturated rings. The fourth-order valence-electron chi connectivity index (χ4n) is 1.56. The number of halogens is 1. The highest BCUT2D eigenvalue weighted by Gasteiger charge is 2.03. The molecule has 1 N–H and O–H groups in total. The minimum absolute atomic E-state index is 0.413. The van der Waals surface area contributed by atoms with Crippen LogP contribution in [0, 0.1) is 0 Å². The lowest BCUT2D eigenvalue weighted by atomic mass is 10.1. The Bertz CT molecular complexity index is 286. The van der Waals surface area contributed by atoms with E-state index in [1.165, 1.54) is 5.56 Å². The summed E-state index contributed by atoms with van der Waals surface area (Å²) in [5.74, 6) is 0. The first-order chi connectivity index (χ1) is 7.74. The lowest BCUT2D eigenvalue weighted by Gasteiger charge is -2.14. The van der Waals surface area contributed by atoms with Crippen molar-refractivity contribution in [2.75, 3.05) is 20.3 Å². The number of hydrogen-bond acceptors (Lipinski definition) is 2. The van der Waals surface area contributed by atoms with E-state index in [4.69, 9.17) is 4.74 Å². The van der Waals surface area contributed by atoms with Crippen LogP contribution in [-0.2, 0) is 4.74 Å². The summed E-state index contributed by atoms with van der Waals surface area (Å²) in [5.41, 5.74) is 1.33. The molecule has 0 aromatic heterocycles. The van der Waals surface area contributed by atoms with Crippen LogP contribution in [0.2, 0.25) is 0 Å². The summed E-state index contributed by atoms with van der Waals surface area (Å²) in [6, 6.07) is 8.88. The van der Waals surface area contributed by atoms with Gasteiger partial charge in [0, 0.05) is 24.2 Å². The summed E-state index contributed by atoms with van der Waals surface area (Å²) in [4.78, 5) is 0. The van der Waals surface area contributed by atoms with Crippen LogP contribution in [0.4, 0.5) is 0 Å². The highest BCUT2D eigenvalue weighted by molar-refractivity contribution is 9.10. The van der Waals surface area contributed by atoms with Crippen LogP contribution in [0.5, 0.6) is 0 Å². The van der Waals surface area contributed by atoms with E-state index in [2.05, 4.69) is 52.4 Å². The standard InChI is InChI=1S/C13H20BrNO/c1-11(15-9-3-4-10-16-2)12-5-7-13(14)8-6-12/h5-8,11,15H,3-4,9-10H2,1-2H3/t11-/m1/s1. The van der Waals surface area contributed by atoms with Gasteiger partial charge in [0.25, 0.3) is 0 Å². The molecule has 0 bridgehead atoms. The van der Waals surface area contributed by atoms with E-state index in [1.807, 2.05) is 0 Å². The SMILES string of the molecule is COCCCCN[C@H](C)c1ccc(Br)cc1. The number of rotatable bonds is 7. The Hall–Kier alpha value is -0.380. The van der Waals surface area contributed by atoms with Crippen LogP contribution < -0.4 is 5.32 Å². The van der Waals surface area contributed by atoms with Crippen molar-refractivity contribution in [3.05, 3.63) is 34.3 Å². The Labute approximate surface area is 107 Å². The largest absolute Gasteiger partial charge is 0.385 e. The molecule has 90 valence electrons. The first-order valence-electron chi connectivity index (χ1n) is 5.72. The van der Waals surface area contributed by atoms with Crippen molar-refractivity contribution in [1.82, 2.24) is 5.32 Å². The molecule has 16 heavy (non-hydrogen) atoms. The van der Waals surface area contributed by atoms with Crippen LogP contribution in [0.3, 0.4) is 0 Å². The van der Waals surface area contributed by atoms with Gasteiger partial charge in [0.05, 0.1) is 0 Å². The predicted molar refractivity (Wildman–Crippen MR) is 71.7 cm³/mol. The van der Waals surface area contributed by atoms with Crippen molar-refractivity contribution in [3.63, 3.8) is 0 Å². The third kappa shape index (κ3) is 5.10. The normalized spacial score (nSPS) is 12.7. The molecule has 0 saturated carbocycles. The molecule has 0 unspecified atom stereocenters. The molecule has 0 aliphatic carbocycles. The van der Waals surface area contributed by atoms with Crippen LogP contribution in [0.15, 0.2) is 28.7 Å². The maximum Gasteiger partial charge on any atom is 0.0462 e. The molecule has 0 saturated heterocycles. The molecular formula is C13H20BrNO. The number of benzene rings is 1. The van der Waals surface area contributed by atoms with Gasteiger partial charge in [0.15, 0.2) is 0 Å². The number of methoxy groups -OCH3 is 1. The molecule has 0 aliphatic rings. The quantitative estimate of drug-likeness (QED) is 0.774. The van der Waals surface area contributed by atoms with Gasteiger partial charge in [0.2, 0.25) is 0 Å². The van der Waals surface area contributed by atoms with Crippen molar-refractivity contribution >= 4 is 15.9 Å². The van der Waals surface area contributed by atoms with E-state index in [0.29, 0.717) is 6.04 Å². The van der Waals surface area contributed by atoms with E-state index in [1.54, 1.807) is 7.11 Å². The van der Waals surface area contributed by atoms with Gasteiger partial charge in [-0.3, -0.25) is 0 Å². The number of ether oxygens (including phenoxy) is 1. The van der Waals surface area contributed by atoms with E-state index in [0.717, 1.165) is 30.5 Å². The summed E-state index contributed by atoms with van der Waals surface area (Å²) in [6.45, 7) is 4.09. The van der Waals surface area contributed by atoms with Crippen LogP contribution >= 0.6 is 15.9 Å². The molecule has 1 aromatic rings. The van der Waals surface area contributed by atoms with Crippen LogP contribution in [0.25, 0.3) is 0 Å². The summed E-state index contributed by atoms with van der Waals surface area (Å²) in [6.07, 6.45) is 2.28. The Morgan fingerprint density at radius 3 is 2.56 bits per heavy atom. The van der Waals surface area contributed by atoms with Gasteiger partial charge >= 0.3 is 0 Å². The topological polar surface area (TPSA) is 21.3 Å². The smallest absolute Gasteiger partial charge is 0.0462 e. The van der Waals surface area contributed by atoms with Crippen molar-refractivity contribution in [2.45, 2.75) is 25.8 Å². The third-order valence-electron chi connectivity index (χ3n) is 2.60. The second kappa shape index (κ2) is 7.82. The molecule has 0 heterocycles. The molecule has 0 radical (unpaired) electrons. The minimum atomic E-state index is 0.413. The zero-order chi connectivity index (χ0) is 11.8. The van der Waals surface area contributed by atoms with E-state index < -0.39 is 0 Å². The van der Waals surface area contributed by atoms with Gasteiger partial charge in [-0.1, -0.05) is 28.1 Å². The zero-order valence-corrected chi connectivity index (χ0v) is 11.6. The lowest BCUT2D eigenvalue weighted by molar-refractivity contribution is 0.192. The number of unbranched alkanes of at least 4 members (excludes halogenated alkanes) is 1. The lowest BCUT2D eigenvalue weighted by Crippen LogP contribution is -2.20. The van der Waals surface area contributed by atoms with Crippen molar-refractivity contribution in [2.24, 2.45) is 0 Å². The maximum atomic E-state index is 5.01. The first-order valence-corrected chi connectivity index (χ1v) is 6.51. The van der Waals surface area contributed by atoms with Crippen LogP contribution in [0.1, 0.15) is 31.4 Å². The Morgan fingerprint density at radius 2 is 1.94 bits per heavy atom. The third-order valence-corrected chi connectivity index (χ3v) is 3.12. The molecule has 1 aromatic carbocycles. The molecule has 0 aliphatic heterocycles. The molecule has 0 spiro atoms. The summed E-state index contributed by atoms with van der Waals surface area (Å²) >= 11 is 3.44. The fourth-order valence-corrected chi connectivity index (χ4v) is 1.82. The Morgan fingerprint density at radius 1 is 1.25 bits per heavy atom. The van der Waals surface area contributed by atoms with Crippen LogP contribution in [-0.4, -0.2) is 20.3 Å². The van der Waals surface area contributed by atoms with Crippen molar-refractivity contribution in [3.8, 4) is 0 Å². The van der Waals surface area contributed by atoms with E-state index >= 15 is 0 Å². The highest BCUT2D eigenvalue weighted by atomic mass is 79.9. The summed E-state index contributed by atoms with van der Waals surface area (Å²) < 4.78 is 6.14. The van der Waals surface area contributed by atoms with Gasteiger partial charge in [-0.25, -0.2) is 0 Å². The molecule has 1 rings (SSSR count). The summed E-state index contributed by atoms with van der Waals surface area (Å²) in [5, 5.41) is 3.51. The summed E-state index contributed by atoms with van der Waals surface area (Å²) in [7, 11) is 1.75. The second-order valence-corrected chi connectivity index (χ2v) is 4.84. The van der Waals surface area contributed by atoms with Gasteiger partial charge in [-0.2, -0.15) is 0 Å². The van der Waals surface area contributed by atoms with E-state index in [9.17, 15) is 0 Å². The Balaban J connectivity index is 2.24. The molecule has 3 heteroatoms. The van der Waals surface area contributed by atoms with Crippen molar-refractivity contribution in [1.29, 1.82) is 0 Å². The fraction of sp³-hybridized carbons (Fsp3) is 0.538.